The van der Waals surface area contributed by atoms with Crippen LogP contribution in [0.2, 0.25) is 0 Å². The van der Waals surface area contributed by atoms with E-state index >= 15 is 0 Å². The number of halogens is 1. The molecule has 1 saturated carbocycles. The summed E-state index contributed by atoms with van der Waals surface area (Å²) in [6.45, 7) is 10.2. The monoisotopic (exact) mass is 372 g/mol. The van der Waals surface area contributed by atoms with Crippen molar-refractivity contribution < 1.29 is 13.9 Å². The number of carbonyl (C=O) groups excluding carboxylic acids is 1. The summed E-state index contributed by atoms with van der Waals surface area (Å²) in [5, 5.41) is 0. The van der Waals surface area contributed by atoms with Crippen LogP contribution in [0.3, 0.4) is 0 Å². The number of carbonyl (C=O) groups is 1. The van der Waals surface area contributed by atoms with Crippen molar-refractivity contribution in [1.82, 2.24) is 4.90 Å². The SMILES string of the molecule is [C-]#[N+][C@@](c1cccc(F)c1)(C1CCN(C)CC1)[C@H]1CCC[C@@H]1CC(=O)OC. The van der Waals surface area contributed by atoms with Gasteiger partial charge in [0.1, 0.15) is 5.82 Å². The van der Waals surface area contributed by atoms with E-state index in [1.165, 1.54) is 13.2 Å². The molecule has 0 spiro atoms. The van der Waals surface area contributed by atoms with E-state index in [2.05, 4.69) is 16.8 Å². The fourth-order valence-corrected chi connectivity index (χ4v) is 5.34. The van der Waals surface area contributed by atoms with Crippen molar-refractivity contribution in [2.45, 2.75) is 44.1 Å². The van der Waals surface area contributed by atoms with E-state index < -0.39 is 5.54 Å². The summed E-state index contributed by atoms with van der Waals surface area (Å²) < 4.78 is 19.0. The third-order valence-electron chi connectivity index (χ3n) is 6.69. The normalized spacial score (nSPS) is 26.3. The summed E-state index contributed by atoms with van der Waals surface area (Å²) in [5.74, 6) is -0.153. The predicted molar refractivity (Wildman–Crippen MR) is 102 cm³/mol. The smallest absolute Gasteiger partial charge is 0.305 e. The average Bonchev–Trinajstić information content (AvgIpc) is 3.12. The largest absolute Gasteiger partial charge is 0.469 e. The van der Waals surface area contributed by atoms with Gasteiger partial charge in [-0.3, -0.25) is 4.79 Å². The third-order valence-corrected chi connectivity index (χ3v) is 6.69. The molecular weight excluding hydrogens is 343 g/mol. The Morgan fingerprint density at radius 3 is 2.70 bits per heavy atom. The lowest BCUT2D eigenvalue weighted by Crippen LogP contribution is -2.46. The molecule has 2 fully saturated rings. The van der Waals surface area contributed by atoms with Gasteiger partial charge in [-0.2, -0.15) is 0 Å². The number of benzene rings is 1. The Morgan fingerprint density at radius 1 is 1.33 bits per heavy atom. The second kappa shape index (κ2) is 8.39. The molecule has 4 nitrogen and oxygen atoms in total. The minimum absolute atomic E-state index is 0.0595. The van der Waals surface area contributed by atoms with Crippen molar-refractivity contribution in [3.05, 3.63) is 47.1 Å². The van der Waals surface area contributed by atoms with E-state index in [9.17, 15) is 9.18 Å². The lowest BCUT2D eigenvalue weighted by molar-refractivity contribution is -0.142. The highest BCUT2D eigenvalue weighted by molar-refractivity contribution is 5.69. The van der Waals surface area contributed by atoms with Crippen LogP contribution >= 0.6 is 0 Å². The maximum Gasteiger partial charge on any atom is 0.305 e. The average molecular weight is 372 g/mol. The van der Waals surface area contributed by atoms with Crippen molar-refractivity contribution in [1.29, 1.82) is 0 Å². The first-order valence-electron chi connectivity index (χ1n) is 9.91. The molecule has 2 aliphatic rings. The van der Waals surface area contributed by atoms with E-state index in [1.54, 1.807) is 12.1 Å². The molecule has 5 heteroatoms. The zero-order valence-electron chi connectivity index (χ0n) is 16.3. The Bertz CT molecular complexity index is 709. The first kappa shape index (κ1) is 19.8. The first-order valence-corrected chi connectivity index (χ1v) is 9.91. The molecule has 1 aromatic rings. The summed E-state index contributed by atoms with van der Waals surface area (Å²) >= 11 is 0. The van der Waals surface area contributed by atoms with Crippen LogP contribution in [0, 0.1) is 30.1 Å². The summed E-state index contributed by atoms with van der Waals surface area (Å²) in [7, 11) is 3.52. The van der Waals surface area contributed by atoms with Gasteiger partial charge < -0.3 is 14.5 Å². The molecule has 146 valence electrons. The molecule has 1 aliphatic carbocycles. The molecular formula is C22H29FN2O2. The van der Waals surface area contributed by atoms with Crippen LogP contribution in [0.25, 0.3) is 4.85 Å². The van der Waals surface area contributed by atoms with E-state index in [4.69, 9.17) is 11.3 Å². The standard InChI is InChI=1S/C22H29FN2O2/c1-24-22(17-10-12-25(2)13-11-17,18-7-5-8-19(23)15-18)20-9-4-6-16(20)14-21(26)27-3/h5,7-8,15-17,20H,4,6,9-14H2,2-3H3/t16-,20+,22-/m1/s1. The molecule has 0 unspecified atom stereocenters. The number of methoxy groups -OCH3 is 1. The van der Waals surface area contributed by atoms with Crippen LogP contribution in [-0.2, 0) is 15.1 Å². The van der Waals surface area contributed by atoms with Crippen LogP contribution in [0.4, 0.5) is 4.39 Å². The predicted octanol–water partition coefficient (Wildman–Crippen LogP) is 4.26. The summed E-state index contributed by atoms with van der Waals surface area (Å²) in [6.07, 6.45) is 5.05. The highest BCUT2D eigenvalue weighted by Gasteiger charge is 2.57. The van der Waals surface area contributed by atoms with Crippen molar-refractivity contribution in [3.63, 3.8) is 0 Å². The van der Waals surface area contributed by atoms with Crippen molar-refractivity contribution in [2.75, 3.05) is 27.2 Å². The molecule has 0 N–H and O–H groups in total. The Morgan fingerprint density at radius 2 is 2.07 bits per heavy atom. The minimum Gasteiger partial charge on any atom is -0.469 e. The van der Waals surface area contributed by atoms with Gasteiger partial charge in [-0.25, -0.2) is 11.0 Å². The molecule has 1 aromatic carbocycles. The van der Waals surface area contributed by atoms with Gasteiger partial charge in [-0.05, 0) is 63.9 Å². The van der Waals surface area contributed by atoms with Gasteiger partial charge >= 0.3 is 5.97 Å². The second-order valence-corrected chi connectivity index (χ2v) is 8.10. The van der Waals surface area contributed by atoms with E-state index in [0.29, 0.717) is 6.42 Å². The molecule has 1 aliphatic heterocycles. The quantitative estimate of drug-likeness (QED) is 0.572. The van der Waals surface area contributed by atoms with Gasteiger partial charge in [0.05, 0.1) is 7.11 Å². The molecule has 3 rings (SSSR count). The van der Waals surface area contributed by atoms with Gasteiger partial charge in [0.2, 0.25) is 0 Å². The van der Waals surface area contributed by atoms with Gasteiger partial charge in [-0.15, -0.1) is 0 Å². The fraction of sp³-hybridized carbons (Fsp3) is 0.636. The highest BCUT2D eigenvalue weighted by atomic mass is 19.1. The van der Waals surface area contributed by atoms with E-state index in [1.807, 2.05) is 6.07 Å². The van der Waals surface area contributed by atoms with Crippen LogP contribution < -0.4 is 0 Å². The number of esters is 1. The number of hydrogen-bond donors (Lipinski definition) is 0. The van der Waals surface area contributed by atoms with Crippen molar-refractivity contribution >= 4 is 5.97 Å². The van der Waals surface area contributed by atoms with Gasteiger partial charge in [0.25, 0.3) is 5.54 Å². The molecule has 0 bridgehead atoms. The van der Waals surface area contributed by atoms with Gasteiger partial charge in [0.15, 0.2) is 0 Å². The van der Waals surface area contributed by atoms with Crippen LogP contribution in [0.5, 0.6) is 0 Å². The van der Waals surface area contributed by atoms with Gasteiger partial charge in [-0.1, -0.05) is 18.6 Å². The molecule has 27 heavy (non-hydrogen) atoms. The second-order valence-electron chi connectivity index (χ2n) is 8.10. The Balaban J connectivity index is 2.03. The molecule has 1 saturated heterocycles. The zero-order valence-corrected chi connectivity index (χ0v) is 16.3. The number of likely N-dealkylation sites (tertiary alicyclic amines) is 1. The highest BCUT2D eigenvalue weighted by Crippen LogP contribution is 2.54. The number of rotatable bonds is 5. The molecule has 1 heterocycles. The summed E-state index contributed by atoms with van der Waals surface area (Å²) in [6, 6.07) is 6.61. The molecule has 0 amide bonds. The van der Waals surface area contributed by atoms with Crippen molar-refractivity contribution in [2.24, 2.45) is 17.8 Å². The van der Waals surface area contributed by atoms with Crippen LogP contribution in [0.1, 0.15) is 44.1 Å². The first-order chi connectivity index (χ1) is 13.0. The lowest BCUT2D eigenvalue weighted by Gasteiger charge is -2.41. The lowest BCUT2D eigenvalue weighted by atomic mass is 9.63. The number of ether oxygens (including phenoxy) is 1. The summed E-state index contributed by atoms with van der Waals surface area (Å²) in [4.78, 5) is 18.5. The Hall–Kier alpha value is -1.93. The molecule has 0 aromatic heterocycles. The van der Waals surface area contributed by atoms with Crippen LogP contribution in [-0.4, -0.2) is 38.1 Å². The molecule has 3 atom stereocenters. The maximum absolute atomic E-state index is 14.1. The van der Waals surface area contributed by atoms with E-state index in [0.717, 1.165) is 50.8 Å². The fourth-order valence-electron chi connectivity index (χ4n) is 5.34. The topological polar surface area (TPSA) is 33.9 Å². The van der Waals surface area contributed by atoms with E-state index in [-0.39, 0.29) is 29.5 Å². The van der Waals surface area contributed by atoms with Crippen LogP contribution in [0.15, 0.2) is 24.3 Å². The summed E-state index contributed by atoms with van der Waals surface area (Å²) in [5.41, 5.74) is 0.0206. The molecule has 0 radical (unpaired) electrons. The van der Waals surface area contributed by atoms with Gasteiger partial charge in [0, 0.05) is 23.8 Å². The zero-order chi connectivity index (χ0) is 19.4. The minimum atomic E-state index is -0.765. The van der Waals surface area contributed by atoms with Crippen molar-refractivity contribution in [3.8, 4) is 0 Å². The number of nitrogens with zero attached hydrogens (tertiary/aromatic N) is 2. The number of piperidine rings is 1. The maximum atomic E-state index is 14.1. The third kappa shape index (κ3) is 3.87. The Labute approximate surface area is 161 Å². The Kier molecular flexibility index (Phi) is 6.16. The number of hydrogen-bond acceptors (Lipinski definition) is 3.